The zero-order chi connectivity index (χ0) is 12.5. The van der Waals surface area contributed by atoms with Crippen LogP contribution in [0, 0.1) is 5.82 Å². The molecule has 0 aliphatic rings. The van der Waals surface area contributed by atoms with Crippen molar-refractivity contribution in [2.45, 2.75) is 0 Å². The number of halogens is 1. The van der Waals surface area contributed by atoms with Crippen LogP contribution >= 0.6 is 0 Å². The van der Waals surface area contributed by atoms with Crippen molar-refractivity contribution in [2.75, 3.05) is 5.32 Å². The summed E-state index contributed by atoms with van der Waals surface area (Å²) in [5.41, 5.74) is 0.536. The first-order valence-electron chi connectivity index (χ1n) is 5.19. The van der Waals surface area contributed by atoms with Gasteiger partial charge in [-0.1, -0.05) is 6.07 Å². The molecule has 0 unspecified atom stereocenters. The van der Waals surface area contributed by atoms with Crippen molar-refractivity contribution in [3.63, 3.8) is 0 Å². The maximum atomic E-state index is 13.1. The number of H-pyrrole nitrogens is 1. The predicted molar refractivity (Wildman–Crippen MR) is 63.3 cm³/mol. The Morgan fingerprint density at radius 2 is 2.22 bits per heavy atom. The molecule has 0 atom stereocenters. The molecule has 7 heteroatoms. The first-order chi connectivity index (χ1) is 8.74. The summed E-state index contributed by atoms with van der Waals surface area (Å²) < 4.78 is 14.3. The molecule has 0 saturated heterocycles. The van der Waals surface area contributed by atoms with E-state index in [1.165, 1.54) is 22.7 Å². The van der Waals surface area contributed by atoms with Gasteiger partial charge in [0.25, 0.3) is 0 Å². The Balaban J connectivity index is 2.10. The summed E-state index contributed by atoms with van der Waals surface area (Å²) in [7, 11) is 0. The van der Waals surface area contributed by atoms with Crippen molar-refractivity contribution in [1.29, 1.82) is 0 Å². The summed E-state index contributed by atoms with van der Waals surface area (Å²) >= 11 is 0. The molecule has 1 aromatic carbocycles. The van der Waals surface area contributed by atoms with Crippen LogP contribution in [-0.2, 0) is 0 Å². The van der Waals surface area contributed by atoms with E-state index >= 15 is 0 Å². The fourth-order valence-corrected chi connectivity index (χ4v) is 1.64. The molecule has 90 valence electrons. The molecule has 0 bridgehead atoms. The van der Waals surface area contributed by atoms with E-state index in [1.54, 1.807) is 18.2 Å². The Labute approximate surface area is 100 Å². The number of nitrogens with one attached hydrogen (secondary N) is 2. The average Bonchev–Trinajstić information content (AvgIpc) is 2.72. The normalized spacial score (nSPS) is 10.7. The van der Waals surface area contributed by atoms with E-state index in [4.69, 9.17) is 0 Å². The standard InChI is InChI=1S/C11H8FN5O/c12-7-2-1-3-8(6-7)14-10-13-5-4-9-15-16-11(18)17(9)10/h1-6H,(H,13,14)(H,16,18). The van der Waals surface area contributed by atoms with E-state index in [0.29, 0.717) is 11.3 Å². The third-order valence-corrected chi connectivity index (χ3v) is 2.41. The van der Waals surface area contributed by atoms with Crippen molar-refractivity contribution in [1.82, 2.24) is 19.6 Å². The van der Waals surface area contributed by atoms with Crippen LogP contribution in [0.25, 0.3) is 5.65 Å². The number of hydrogen-bond donors (Lipinski definition) is 2. The summed E-state index contributed by atoms with van der Waals surface area (Å²) in [6.07, 6.45) is 1.51. The number of nitrogens with zero attached hydrogens (tertiary/aromatic N) is 3. The van der Waals surface area contributed by atoms with Crippen LogP contribution in [-0.4, -0.2) is 19.6 Å². The molecule has 0 aliphatic carbocycles. The van der Waals surface area contributed by atoms with Gasteiger partial charge in [0.15, 0.2) is 5.65 Å². The lowest BCUT2D eigenvalue weighted by Crippen LogP contribution is -2.14. The maximum Gasteiger partial charge on any atom is 0.350 e. The van der Waals surface area contributed by atoms with Crippen molar-refractivity contribution >= 4 is 17.3 Å². The SMILES string of the molecule is O=c1[nH]nc2ccnc(Nc3cccc(F)c3)n12. The van der Waals surface area contributed by atoms with Crippen molar-refractivity contribution in [3.8, 4) is 0 Å². The van der Waals surface area contributed by atoms with Gasteiger partial charge in [-0.05, 0) is 18.2 Å². The fourth-order valence-electron chi connectivity index (χ4n) is 1.64. The molecule has 0 amide bonds. The van der Waals surface area contributed by atoms with Gasteiger partial charge >= 0.3 is 5.69 Å². The second-order valence-corrected chi connectivity index (χ2v) is 3.63. The quantitative estimate of drug-likeness (QED) is 0.713. The molecule has 2 N–H and O–H groups in total. The maximum absolute atomic E-state index is 13.1. The van der Waals surface area contributed by atoms with Crippen LogP contribution in [0.1, 0.15) is 0 Å². The molecule has 3 aromatic rings. The summed E-state index contributed by atoms with van der Waals surface area (Å²) in [5, 5.41) is 8.99. The number of aromatic nitrogens is 4. The fraction of sp³-hybridized carbons (Fsp3) is 0. The molecular weight excluding hydrogens is 237 g/mol. The number of benzene rings is 1. The Bertz CT molecular complexity index is 763. The highest BCUT2D eigenvalue weighted by Gasteiger charge is 2.06. The molecule has 6 nitrogen and oxygen atoms in total. The first kappa shape index (κ1) is 10.5. The number of rotatable bonds is 2. The minimum Gasteiger partial charge on any atom is -0.325 e. The van der Waals surface area contributed by atoms with Gasteiger partial charge in [-0.2, -0.15) is 5.10 Å². The van der Waals surface area contributed by atoms with E-state index in [-0.39, 0.29) is 11.8 Å². The van der Waals surface area contributed by atoms with Gasteiger partial charge < -0.3 is 5.32 Å². The summed E-state index contributed by atoms with van der Waals surface area (Å²) in [5.74, 6) is -0.0939. The smallest absolute Gasteiger partial charge is 0.325 e. The van der Waals surface area contributed by atoms with Gasteiger partial charge in [-0.25, -0.2) is 23.7 Å². The van der Waals surface area contributed by atoms with Crippen LogP contribution in [0.5, 0.6) is 0 Å². The highest BCUT2D eigenvalue weighted by atomic mass is 19.1. The van der Waals surface area contributed by atoms with Crippen molar-refractivity contribution in [2.24, 2.45) is 0 Å². The number of aromatic amines is 1. The monoisotopic (exact) mass is 245 g/mol. The zero-order valence-electron chi connectivity index (χ0n) is 9.09. The van der Waals surface area contributed by atoms with Gasteiger partial charge in [0.2, 0.25) is 5.95 Å². The minimum atomic E-state index is -0.406. The molecule has 0 saturated carbocycles. The Kier molecular flexibility index (Phi) is 2.30. The Hall–Kier alpha value is -2.70. The van der Waals surface area contributed by atoms with Crippen molar-refractivity contribution < 1.29 is 4.39 Å². The zero-order valence-corrected chi connectivity index (χ0v) is 9.09. The molecule has 18 heavy (non-hydrogen) atoms. The molecule has 2 heterocycles. The van der Waals surface area contributed by atoms with Crippen molar-refractivity contribution in [3.05, 3.63) is 52.8 Å². The topological polar surface area (TPSA) is 75.1 Å². The van der Waals surface area contributed by atoms with Crippen LogP contribution in [0.3, 0.4) is 0 Å². The lowest BCUT2D eigenvalue weighted by molar-refractivity contribution is 0.628. The van der Waals surface area contributed by atoms with Crippen LogP contribution in [0.2, 0.25) is 0 Å². The minimum absolute atomic E-state index is 0.275. The number of fused-ring (bicyclic) bond motifs is 1. The largest absolute Gasteiger partial charge is 0.350 e. The molecule has 0 fully saturated rings. The Morgan fingerprint density at radius 1 is 1.33 bits per heavy atom. The van der Waals surface area contributed by atoms with Crippen LogP contribution < -0.4 is 11.0 Å². The van der Waals surface area contributed by atoms with Gasteiger partial charge in [0.1, 0.15) is 5.82 Å². The number of hydrogen-bond acceptors (Lipinski definition) is 4. The highest BCUT2D eigenvalue weighted by Crippen LogP contribution is 2.14. The molecular formula is C11H8FN5O. The molecule has 0 radical (unpaired) electrons. The van der Waals surface area contributed by atoms with Gasteiger partial charge in [-0.3, -0.25) is 0 Å². The van der Waals surface area contributed by atoms with E-state index in [1.807, 2.05) is 0 Å². The Morgan fingerprint density at radius 3 is 3.06 bits per heavy atom. The summed E-state index contributed by atoms with van der Waals surface area (Å²) in [6, 6.07) is 7.48. The molecule has 0 spiro atoms. The molecule has 0 aliphatic heterocycles. The first-order valence-corrected chi connectivity index (χ1v) is 5.19. The lowest BCUT2D eigenvalue weighted by Gasteiger charge is -2.06. The second kappa shape index (κ2) is 3.95. The molecule has 3 rings (SSSR count). The third kappa shape index (κ3) is 1.71. The highest BCUT2D eigenvalue weighted by molar-refractivity contribution is 5.56. The predicted octanol–water partition coefficient (Wildman–Crippen LogP) is 1.30. The van der Waals surface area contributed by atoms with E-state index in [0.717, 1.165) is 0 Å². The summed E-state index contributed by atoms with van der Waals surface area (Å²) in [6.45, 7) is 0. The lowest BCUT2D eigenvalue weighted by atomic mass is 10.3. The van der Waals surface area contributed by atoms with E-state index in [9.17, 15) is 9.18 Å². The van der Waals surface area contributed by atoms with Gasteiger partial charge in [-0.15, -0.1) is 0 Å². The van der Waals surface area contributed by atoms with Gasteiger partial charge in [0.05, 0.1) is 0 Å². The number of anilines is 2. The second-order valence-electron chi connectivity index (χ2n) is 3.63. The van der Waals surface area contributed by atoms with Crippen LogP contribution in [0.4, 0.5) is 16.0 Å². The van der Waals surface area contributed by atoms with Crippen LogP contribution in [0.15, 0.2) is 41.3 Å². The summed E-state index contributed by atoms with van der Waals surface area (Å²) in [4.78, 5) is 15.6. The van der Waals surface area contributed by atoms with Gasteiger partial charge in [0, 0.05) is 18.0 Å². The van der Waals surface area contributed by atoms with E-state index in [2.05, 4.69) is 20.5 Å². The van der Waals surface area contributed by atoms with E-state index < -0.39 is 5.69 Å². The third-order valence-electron chi connectivity index (χ3n) is 2.41. The molecule has 2 aromatic heterocycles. The average molecular weight is 245 g/mol.